The van der Waals surface area contributed by atoms with Gasteiger partial charge in [-0.05, 0) is 12.8 Å². The Morgan fingerprint density at radius 2 is 2.44 bits per heavy atom. The van der Waals surface area contributed by atoms with Crippen LogP contribution >= 0.6 is 0 Å². The first-order valence-electron chi connectivity index (χ1n) is 6.45. The molecule has 0 aliphatic carbocycles. The van der Waals surface area contributed by atoms with E-state index in [1.807, 2.05) is 0 Å². The number of aromatic nitrogens is 2. The first kappa shape index (κ1) is 11.7. The molecule has 0 spiro atoms. The summed E-state index contributed by atoms with van der Waals surface area (Å²) >= 11 is 0. The molecule has 0 radical (unpaired) electrons. The minimum atomic E-state index is -0.368. The van der Waals surface area contributed by atoms with Crippen LogP contribution in [0.25, 0.3) is 0 Å². The molecule has 2 atom stereocenters. The Balaban J connectivity index is 1.67. The van der Waals surface area contributed by atoms with E-state index in [9.17, 15) is 9.90 Å². The standard InChI is InChI=1S/C12H18N4O2/c17-8-2-1-3-16(6-8)12(18)10-4-9-11(5-13-10)15-7-14-9/h7-8,10,13,17H,1-6H2,(H,14,15)/t8-,10?/m0/s1. The van der Waals surface area contributed by atoms with Crippen molar-refractivity contribution in [3.63, 3.8) is 0 Å². The van der Waals surface area contributed by atoms with Crippen molar-refractivity contribution >= 4 is 5.91 Å². The Kier molecular flexibility index (Phi) is 3.05. The fourth-order valence-corrected chi connectivity index (χ4v) is 2.72. The monoisotopic (exact) mass is 250 g/mol. The van der Waals surface area contributed by atoms with Crippen molar-refractivity contribution in [2.75, 3.05) is 13.1 Å². The molecule has 6 heteroatoms. The van der Waals surface area contributed by atoms with E-state index in [0.717, 1.165) is 30.8 Å². The number of amides is 1. The fraction of sp³-hybridized carbons (Fsp3) is 0.667. The van der Waals surface area contributed by atoms with Gasteiger partial charge in [0.05, 0.1) is 29.9 Å². The number of fused-ring (bicyclic) bond motifs is 1. The van der Waals surface area contributed by atoms with Crippen LogP contribution in [-0.4, -0.2) is 51.1 Å². The Morgan fingerprint density at radius 1 is 1.56 bits per heavy atom. The quantitative estimate of drug-likeness (QED) is 0.622. The number of carbonyl (C=O) groups is 1. The minimum absolute atomic E-state index is 0.0856. The summed E-state index contributed by atoms with van der Waals surface area (Å²) < 4.78 is 0. The number of hydrogen-bond donors (Lipinski definition) is 3. The molecule has 0 saturated carbocycles. The molecule has 1 saturated heterocycles. The predicted octanol–water partition coefficient (Wildman–Crippen LogP) is -0.593. The van der Waals surface area contributed by atoms with Gasteiger partial charge < -0.3 is 15.0 Å². The fourth-order valence-electron chi connectivity index (χ4n) is 2.72. The molecule has 3 heterocycles. The third kappa shape index (κ3) is 2.13. The lowest BCUT2D eigenvalue weighted by Gasteiger charge is -2.34. The van der Waals surface area contributed by atoms with Crippen molar-refractivity contribution in [1.82, 2.24) is 20.2 Å². The van der Waals surface area contributed by atoms with Crippen molar-refractivity contribution in [2.24, 2.45) is 0 Å². The first-order chi connectivity index (χ1) is 8.74. The number of H-pyrrole nitrogens is 1. The smallest absolute Gasteiger partial charge is 0.240 e. The van der Waals surface area contributed by atoms with Gasteiger partial charge >= 0.3 is 0 Å². The van der Waals surface area contributed by atoms with Crippen LogP contribution in [0.15, 0.2) is 6.33 Å². The second-order valence-corrected chi connectivity index (χ2v) is 5.05. The van der Waals surface area contributed by atoms with Gasteiger partial charge in [0.15, 0.2) is 0 Å². The summed E-state index contributed by atoms with van der Waals surface area (Å²) in [4.78, 5) is 21.4. The lowest BCUT2D eigenvalue weighted by molar-refractivity contribution is -0.136. The third-order valence-corrected chi connectivity index (χ3v) is 3.74. The van der Waals surface area contributed by atoms with Crippen molar-refractivity contribution in [1.29, 1.82) is 0 Å². The number of rotatable bonds is 1. The van der Waals surface area contributed by atoms with Crippen LogP contribution in [0.3, 0.4) is 0 Å². The highest BCUT2D eigenvalue weighted by Gasteiger charge is 2.31. The number of hydrogen-bond acceptors (Lipinski definition) is 4. The summed E-state index contributed by atoms with van der Waals surface area (Å²) in [7, 11) is 0. The van der Waals surface area contributed by atoms with E-state index in [0.29, 0.717) is 19.5 Å². The Labute approximate surface area is 105 Å². The normalized spacial score (nSPS) is 27.9. The van der Waals surface area contributed by atoms with Crippen LogP contribution in [0.1, 0.15) is 24.2 Å². The third-order valence-electron chi connectivity index (χ3n) is 3.74. The summed E-state index contributed by atoms with van der Waals surface area (Å²) in [6.07, 6.45) is 3.61. The number of imidazole rings is 1. The molecule has 1 aromatic heterocycles. The molecule has 1 unspecified atom stereocenters. The Morgan fingerprint density at radius 3 is 3.28 bits per heavy atom. The van der Waals surface area contributed by atoms with E-state index < -0.39 is 0 Å². The number of nitrogens with zero attached hydrogens (tertiary/aromatic N) is 2. The molecular weight excluding hydrogens is 232 g/mol. The van der Waals surface area contributed by atoms with E-state index in [4.69, 9.17) is 0 Å². The van der Waals surface area contributed by atoms with E-state index in [-0.39, 0.29) is 18.1 Å². The average molecular weight is 250 g/mol. The van der Waals surface area contributed by atoms with Gasteiger partial charge in [0.2, 0.25) is 5.91 Å². The van der Waals surface area contributed by atoms with Crippen LogP contribution in [0.2, 0.25) is 0 Å². The van der Waals surface area contributed by atoms with Crippen molar-refractivity contribution in [3.8, 4) is 0 Å². The summed E-state index contributed by atoms with van der Waals surface area (Å²) in [5.74, 6) is 0.0856. The molecule has 3 N–H and O–H groups in total. The highest BCUT2D eigenvalue weighted by molar-refractivity contribution is 5.82. The van der Waals surface area contributed by atoms with Crippen LogP contribution in [0.4, 0.5) is 0 Å². The minimum Gasteiger partial charge on any atom is -0.391 e. The second-order valence-electron chi connectivity index (χ2n) is 5.05. The van der Waals surface area contributed by atoms with E-state index in [1.165, 1.54) is 0 Å². The van der Waals surface area contributed by atoms with Crippen LogP contribution in [0, 0.1) is 0 Å². The molecule has 1 fully saturated rings. The topological polar surface area (TPSA) is 81.2 Å². The molecule has 1 amide bonds. The summed E-state index contributed by atoms with van der Waals surface area (Å²) in [5, 5.41) is 12.8. The van der Waals surface area contributed by atoms with Gasteiger partial charge in [-0.3, -0.25) is 10.1 Å². The van der Waals surface area contributed by atoms with E-state index >= 15 is 0 Å². The number of nitrogens with one attached hydrogen (secondary N) is 2. The van der Waals surface area contributed by atoms with Gasteiger partial charge in [-0.2, -0.15) is 0 Å². The lowest BCUT2D eigenvalue weighted by Crippen LogP contribution is -2.52. The number of β-amino-alcohol motifs (C(OH)–C–C–N with tert-alkyl or cyclic N) is 1. The maximum atomic E-state index is 12.3. The van der Waals surface area contributed by atoms with Gasteiger partial charge in [-0.15, -0.1) is 0 Å². The zero-order valence-electron chi connectivity index (χ0n) is 10.2. The number of carbonyl (C=O) groups excluding carboxylic acids is 1. The van der Waals surface area contributed by atoms with Gasteiger partial charge in [-0.1, -0.05) is 0 Å². The molecule has 98 valence electrons. The molecule has 0 bridgehead atoms. The van der Waals surface area contributed by atoms with Gasteiger partial charge in [0, 0.05) is 26.1 Å². The number of aliphatic hydroxyl groups is 1. The summed E-state index contributed by atoms with van der Waals surface area (Å²) in [5.41, 5.74) is 2.04. The van der Waals surface area contributed by atoms with Crippen molar-refractivity contribution in [3.05, 3.63) is 17.7 Å². The Hall–Kier alpha value is -1.40. The first-order valence-corrected chi connectivity index (χ1v) is 6.45. The van der Waals surface area contributed by atoms with Gasteiger partial charge in [0.25, 0.3) is 0 Å². The predicted molar refractivity (Wildman–Crippen MR) is 64.7 cm³/mol. The SMILES string of the molecule is O=C(C1Cc2nc[nH]c2CN1)N1CCC[C@H](O)C1. The zero-order chi connectivity index (χ0) is 12.5. The molecule has 1 aromatic rings. The Bertz CT molecular complexity index is 445. The van der Waals surface area contributed by atoms with Gasteiger partial charge in [-0.25, -0.2) is 4.98 Å². The molecule has 2 aliphatic heterocycles. The number of aromatic amines is 1. The largest absolute Gasteiger partial charge is 0.391 e. The van der Waals surface area contributed by atoms with Crippen LogP contribution in [0.5, 0.6) is 0 Å². The molecule has 2 aliphatic rings. The maximum Gasteiger partial charge on any atom is 0.240 e. The maximum absolute atomic E-state index is 12.3. The molecule has 3 rings (SSSR count). The van der Waals surface area contributed by atoms with Crippen molar-refractivity contribution < 1.29 is 9.90 Å². The average Bonchev–Trinajstić information content (AvgIpc) is 2.85. The van der Waals surface area contributed by atoms with E-state index in [1.54, 1.807) is 11.2 Å². The highest BCUT2D eigenvalue weighted by atomic mass is 16.3. The van der Waals surface area contributed by atoms with Crippen LogP contribution < -0.4 is 5.32 Å². The van der Waals surface area contributed by atoms with Crippen molar-refractivity contribution in [2.45, 2.75) is 38.0 Å². The highest BCUT2D eigenvalue weighted by Crippen LogP contribution is 2.16. The van der Waals surface area contributed by atoms with Crippen LogP contribution in [-0.2, 0) is 17.8 Å². The molecule has 18 heavy (non-hydrogen) atoms. The lowest BCUT2D eigenvalue weighted by atomic mass is 10.0. The van der Waals surface area contributed by atoms with E-state index in [2.05, 4.69) is 15.3 Å². The molecular formula is C12H18N4O2. The number of aliphatic hydroxyl groups excluding tert-OH is 1. The molecule has 0 aromatic carbocycles. The number of likely N-dealkylation sites (tertiary alicyclic amines) is 1. The second kappa shape index (κ2) is 4.70. The summed E-state index contributed by atoms with van der Waals surface area (Å²) in [6, 6.07) is -0.203. The zero-order valence-corrected chi connectivity index (χ0v) is 10.2. The summed E-state index contributed by atoms with van der Waals surface area (Å²) in [6.45, 7) is 1.87. The molecule has 6 nitrogen and oxygen atoms in total. The van der Waals surface area contributed by atoms with Gasteiger partial charge in [0.1, 0.15) is 0 Å². The number of piperidine rings is 1.